The van der Waals surface area contributed by atoms with Crippen LogP contribution in [0.25, 0.3) is 0 Å². The quantitative estimate of drug-likeness (QED) is 0.841. The molecule has 2 aromatic rings. The summed E-state index contributed by atoms with van der Waals surface area (Å²) in [5.74, 6) is 0.0347. The predicted molar refractivity (Wildman–Crippen MR) is 105 cm³/mol. The molecule has 5 nitrogen and oxygen atoms in total. The highest BCUT2D eigenvalue weighted by Gasteiger charge is 2.33. The van der Waals surface area contributed by atoms with Crippen LogP contribution in [0.15, 0.2) is 54.6 Å². The van der Waals surface area contributed by atoms with Gasteiger partial charge in [0.15, 0.2) is 0 Å². The van der Waals surface area contributed by atoms with Gasteiger partial charge in [-0.2, -0.15) is 0 Å². The predicted octanol–water partition coefficient (Wildman–Crippen LogP) is 2.31. The number of benzene rings is 2. The molecule has 0 radical (unpaired) electrons. The second-order valence-corrected chi connectivity index (χ2v) is 7.31. The SMILES string of the molecule is C[C@@H](C(=O)N1CCN(c2ccccc2)C(=O)C1)N1CCc2ccccc2C1. The maximum atomic E-state index is 13.0. The van der Waals surface area contributed by atoms with Gasteiger partial charge in [0.2, 0.25) is 11.8 Å². The Morgan fingerprint density at radius 1 is 0.889 bits per heavy atom. The summed E-state index contributed by atoms with van der Waals surface area (Å²) in [6.07, 6.45) is 0.967. The number of piperazine rings is 1. The molecule has 4 rings (SSSR count). The summed E-state index contributed by atoms with van der Waals surface area (Å²) in [6, 6.07) is 17.9. The summed E-state index contributed by atoms with van der Waals surface area (Å²) in [5.41, 5.74) is 3.57. The molecule has 27 heavy (non-hydrogen) atoms. The zero-order valence-corrected chi connectivity index (χ0v) is 15.7. The van der Waals surface area contributed by atoms with E-state index in [1.165, 1.54) is 11.1 Å². The number of carbonyl (C=O) groups is 2. The molecular weight excluding hydrogens is 338 g/mol. The van der Waals surface area contributed by atoms with E-state index in [0.717, 1.165) is 25.2 Å². The second kappa shape index (κ2) is 7.53. The normalized spacial score (nSPS) is 18.9. The molecule has 1 fully saturated rings. The number of carbonyl (C=O) groups excluding carboxylic acids is 2. The van der Waals surface area contributed by atoms with Crippen molar-refractivity contribution in [2.24, 2.45) is 0 Å². The molecule has 0 spiro atoms. The highest BCUT2D eigenvalue weighted by molar-refractivity contribution is 5.98. The van der Waals surface area contributed by atoms with Crippen molar-refractivity contribution in [1.29, 1.82) is 0 Å². The third kappa shape index (κ3) is 3.60. The van der Waals surface area contributed by atoms with Gasteiger partial charge < -0.3 is 9.80 Å². The minimum absolute atomic E-state index is 0.0167. The molecule has 1 saturated heterocycles. The first kappa shape index (κ1) is 17.7. The van der Waals surface area contributed by atoms with Gasteiger partial charge in [0.05, 0.1) is 6.04 Å². The van der Waals surface area contributed by atoms with E-state index in [1.807, 2.05) is 37.3 Å². The lowest BCUT2D eigenvalue weighted by Crippen LogP contribution is -2.57. The third-order valence-electron chi connectivity index (χ3n) is 5.67. The van der Waals surface area contributed by atoms with Gasteiger partial charge in [-0.25, -0.2) is 0 Å². The van der Waals surface area contributed by atoms with Crippen LogP contribution in [0.1, 0.15) is 18.1 Å². The van der Waals surface area contributed by atoms with Crippen molar-refractivity contribution < 1.29 is 9.59 Å². The Balaban J connectivity index is 1.40. The van der Waals surface area contributed by atoms with Crippen LogP contribution in [0.3, 0.4) is 0 Å². The largest absolute Gasteiger partial charge is 0.330 e. The highest BCUT2D eigenvalue weighted by Crippen LogP contribution is 2.22. The van der Waals surface area contributed by atoms with Gasteiger partial charge >= 0.3 is 0 Å². The Labute approximate surface area is 160 Å². The van der Waals surface area contributed by atoms with Crippen molar-refractivity contribution in [2.45, 2.75) is 25.9 Å². The van der Waals surface area contributed by atoms with Crippen LogP contribution in [0.5, 0.6) is 0 Å². The van der Waals surface area contributed by atoms with Crippen molar-refractivity contribution in [1.82, 2.24) is 9.80 Å². The van der Waals surface area contributed by atoms with Gasteiger partial charge in [-0.05, 0) is 36.6 Å². The zero-order chi connectivity index (χ0) is 18.8. The average molecular weight is 363 g/mol. The first-order valence-electron chi connectivity index (χ1n) is 9.58. The summed E-state index contributed by atoms with van der Waals surface area (Å²) in [7, 11) is 0. The number of nitrogens with zero attached hydrogens (tertiary/aromatic N) is 3. The van der Waals surface area contributed by atoms with E-state index in [-0.39, 0.29) is 24.4 Å². The van der Waals surface area contributed by atoms with Crippen LogP contribution in [0.2, 0.25) is 0 Å². The summed E-state index contributed by atoms with van der Waals surface area (Å²) >= 11 is 0. The molecular formula is C22H25N3O2. The van der Waals surface area contributed by atoms with Crippen LogP contribution >= 0.6 is 0 Å². The van der Waals surface area contributed by atoms with E-state index in [2.05, 4.69) is 29.2 Å². The fraction of sp³-hybridized carbons (Fsp3) is 0.364. The number of amides is 2. The summed E-state index contributed by atoms with van der Waals surface area (Å²) in [6.45, 7) is 4.91. The zero-order valence-electron chi connectivity index (χ0n) is 15.7. The topological polar surface area (TPSA) is 43.9 Å². The molecule has 2 aliphatic heterocycles. The molecule has 140 valence electrons. The lowest BCUT2D eigenvalue weighted by molar-refractivity contribution is -0.141. The third-order valence-corrected chi connectivity index (χ3v) is 5.67. The average Bonchev–Trinajstić information content (AvgIpc) is 2.73. The van der Waals surface area contributed by atoms with Crippen LogP contribution in [0, 0.1) is 0 Å². The lowest BCUT2D eigenvalue weighted by atomic mass is 9.98. The fourth-order valence-corrected chi connectivity index (χ4v) is 4.01. The first-order chi connectivity index (χ1) is 13.1. The monoisotopic (exact) mass is 363 g/mol. The van der Waals surface area contributed by atoms with E-state index in [4.69, 9.17) is 0 Å². The van der Waals surface area contributed by atoms with Crippen molar-refractivity contribution in [3.8, 4) is 0 Å². The number of hydrogen-bond donors (Lipinski definition) is 0. The number of anilines is 1. The van der Waals surface area contributed by atoms with E-state index in [9.17, 15) is 9.59 Å². The molecule has 2 aliphatic rings. The molecule has 0 saturated carbocycles. The van der Waals surface area contributed by atoms with Crippen LogP contribution in [-0.4, -0.2) is 53.8 Å². The maximum Gasteiger partial charge on any atom is 0.246 e. The lowest BCUT2D eigenvalue weighted by Gasteiger charge is -2.39. The number of hydrogen-bond acceptors (Lipinski definition) is 3. The van der Waals surface area contributed by atoms with E-state index >= 15 is 0 Å². The molecule has 2 aromatic carbocycles. The van der Waals surface area contributed by atoms with Crippen molar-refractivity contribution in [3.05, 3.63) is 65.7 Å². The number of rotatable bonds is 3. The Morgan fingerprint density at radius 3 is 2.33 bits per heavy atom. The standard InChI is InChI=1S/C22H25N3O2/c1-17(23-12-11-18-7-5-6-8-19(18)15-23)22(27)24-13-14-25(21(26)16-24)20-9-3-2-4-10-20/h2-10,17H,11-16H2,1H3/t17-/m0/s1. The minimum Gasteiger partial charge on any atom is -0.330 e. The molecule has 0 unspecified atom stereocenters. The molecule has 0 aromatic heterocycles. The minimum atomic E-state index is -0.213. The maximum absolute atomic E-state index is 13.0. The Kier molecular flexibility index (Phi) is 4.94. The van der Waals surface area contributed by atoms with Gasteiger partial charge in [-0.1, -0.05) is 42.5 Å². The molecule has 5 heteroatoms. The molecule has 1 atom stereocenters. The summed E-state index contributed by atoms with van der Waals surface area (Å²) in [5, 5.41) is 0. The Morgan fingerprint density at radius 2 is 1.59 bits per heavy atom. The highest BCUT2D eigenvalue weighted by atomic mass is 16.2. The van der Waals surface area contributed by atoms with Crippen LogP contribution < -0.4 is 4.90 Å². The van der Waals surface area contributed by atoms with Gasteiger partial charge in [-0.15, -0.1) is 0 Å². The number of fused-ring (bicyclic) bond motifs is 1. The Bertz CT molecular complexity index is 836. The fourth-order valence-electron chi connectivity index (χ4n) is 4.01. The van der Waals surface area contributed by atoms with Gasteiger partial charge in [0, 0.05) is 31.9 Å². The van der Waals surface area contributed by atoms with Crippen LogP contribution in [-0.2, 0) is 22.6 Å². The Hall–Kier alpha value is -2.66. The van der Waals surface area contributed by atoms with Crippen LogP contribution in [0.4, 0.5) is 5.69 Å². The van der Waals surface area contributed by atoms with E-state index in [1.54, 1.807) is 9.80 Å². The summed E-state index contributed by atoms with van der Waals surface area (Å²) in [4.78, 5) is 31.3. The van der Waals surface area contributed by atoms with E-state index < -0.39 is 0 Å². The first-order valence-corrected chi connectivity index (χ1v) is 9.58. The van der Waals surface area contributed by atoms with Crippen molar-refractivity contribution >= 4 is 17.5 Å². The molecule has 0 N–H and O–H groups in total. The van der Waals surface area contributed by atoms with Gasteiger partial charge in [-0.3, -0.25) is 14.5 Å². The van der Waals surface area contributed by atoms with Gasteiger partial charge in [0.1, 0.15) is 6.54 Å². The van der Waals surface area contributed by atoms with Crippen molar-refractivity contribution in [2.75, 3.05) is 31.1 Å². The van der Waals surface area contributed by atoms with Gasteiger partial charge in [0.25, 0.3) is 0 Å². The molecule has 0 bridgehead atoms. The van der Waals surface area contributed by atoms with Crippen molar-refractivity contribution in [3.63, 3.8) is 0 Å². The second-order valence-electron chi connectivity index (χ2n) is 7.31. The van der Waals surface area contributed by atoms with E-state index in [0.29, 0.717) is 13.1 Å². The molecule has 2 heterocycles. The summed E-state index contributed by atoms with van der Waals surface area (Å²) < 4.78 is 0. The number of para-hydroxylation sites is 1. The molecule has 2 amide bonds. The smallest absolute Gasteiger partial charge is 0.246 e. The molecule has 0 aliphatic carbocycles.